The third-order valence-corrected chi connectivity index (χ3v) is 7.39. The summed E-state index contributed by atoms with van der Waals surface area (Å²) < 4.78 is 82.1. The molecule has 0 aromatic heterocycles. The van der Waals surface area contributed by atoms with E-state index < -0.39 is 35.7 Å². The maximum atomic E-state index is 14.8. The molecule has 0 saturated heterocycles. The van der Waals surface area contributed by atoms with E-state index in [4.69, 9.17) is 25.7 Å². The Hall–Kier alpha value is -5.06. The van der Waals surface area contributed by atoms with E-state index in [-0.39, 0.29) is 31.1 Å². The summed E-state index contributed by atoms with van der Waals surface area (Å²) in [5.74, 6) is -0.511. The highest BCUT2D eigenvalue weighted by Crippen LogP contribution is 2.33. The molecule has 0 fully saturated rings. The molecule has 0 aliphatic rings. The Labute approximate surface area is 276 Å². The summed E-state index contributed by atoms with van der Waals surface area (Å²) in [7, 11) is 0. The van der Waals surface area contributed by atoms with Crippen LogP contribution >= 0.6 is 0 Å². The molecule has 4 aromatic rings. The van der Waals surface area contributed by atoms with Crippen molar-refractivity contribution < 1.29 is 41.0 Å². The lowest BCUT2D eigenvalue weighted by Gasteiger charge is -2.29. The normalized spacial score (nSPS) is 12.2. The fourth-order valence-electron chi connectivity index (χ4n) is 4.94. The molecule has 254 valence electrons. The molecule has 0 saturated carbocycles. The van der Waals surface area contributed by atoms with Crippen molar-refractivity contribution in [3.63, 3.8) is 0 Å². The molecule has 11 heteroatoms. The average Bonchev–Trinajstić information content (AvgIpc) is 3.04. The van der Waals surface area contributed by atoms with Crippen LogP contribution in [0.1, 0.15) is 42.0 Å². The van der Waals surface area contributed by atoms with Gasteiger partial charge in [-0.3, -0.25) is 0 Å². The standard InChI is InChI=1S/C37H37F5N2O4/c1-35(23-27-3-12-30(43)13-4-27,24-28-5-14-31(44)15-6-28)25-47-34(45)20-9-26-7-16-33(17-8-26)48-37(41,42)29-10-18-32(19-11-29)46-22-2-21-36(38,39)40/h3-20H,2,21-25,43-44H2,1H3. The Morgan fingerprint density at radius 1 is 0.729 bits per heavy atom. The van der Waals surface area contributed by atoms with Crippen molar-refractivity contribution in [3.05, 3.63) is 125 Å². The van der Waals surface area contributed by atoms with E-state index in [1.165, 1.54) is 48.6 Å². The zero-order valence-electron chi connectivity index (χ0n) is 26.3. The van der Waals surface area contributed by atoms with Crippen LogP contribution in [-0.4, -0.2) is 25.4 Å². The minimum absolute atomic E-state index is 0.117. The van der Waals surface area contributed by atoms with Crippen LogP contribution in [0.4, 0.5) is 33.3 Å². The lowest BCUT2D eigenvalue weighted by Crippen LogP contribution is -2.30. The Balaban J connectivity index is 1.31. The van der Waals surface area contributed by atoms with Gasteiger partial charge in [-0.05, 0) is 103 Å². The number of carbonyl (C=O) groups is 1. The molecule has 0 aliphatic carbocycles. The number of carbonyl (C=O) groups excluding carboxylic acids is 1. The van der Waals surface area contributed by atoms with Gasteiger partial charge in [-0.2, -0.15) is 22.0 Å². The molecule has 0 aliphatic heterocycles. The molecule has 48 heavy (non-hydrogen) atoms. The lowest BCUT2D eigenvalue weighted by atomic mass is 9.79. The first kappa shape index (κ1) is 35.8. The van der Waals surface area contributed by atoms with Gasteiger partial charge in [0.2, 0.25) is 0 Å². The number of nitrogens with two attached hydrogens (primary N) is 2. The molecule has 4 aromatic carbocycles. The van der Waals surface area contributed by atoms with Crippen molar-refractivity contribution in [2.75, 3.05) is 24.7 Å². The van der Waals surface area contributed by atoms with Crippen LogP contribution in [0.15, 0.2) is 103 Å². The van der Waals surface area contributed by atoms with Crippen molar-refractivity contribution in [1.82, 2.24) is 0 Å². The monoisotopic (exact) mass is 668 g/mol. The van der Waals surface area contributed by atoms with Gasteiger partial charge in [-0.1, -0.05) is 43.3 Å². The number of rotatable bonds is 15. The number of benzene rings is 4. The highest BCUT2D eigenvalue weighted by Gasteiger charge is 2.34. The number of esters is 1. The molecular weight excluding hydrogens is 631 g/mol. The second-order valence-corrected chi connectivity index (χ2v) is 11.9. The molecule has 0 unspecified atom stereocenters. The van der Waals surface area contributed by atoms with Gasteiger partial charge in [0.25, 0.3) is 0 Å². The van der Waals surface area contributed by atoms with Crippen molar-refractivity contribution >= 4 is 23.4 Å². The molecule has 0 atom stereocenters. The summed E-state index contributed by atoms with van der Waals surface area (Å²) >= 11 is 0. The van der Waals surface area contributed by atoms with Crippen LogP contribution in [0.25, 0.3) is 6.08 Å². The molecule has 4 N–H and O–H groups in total. The third kappa shape index (κ3) is 11.6. The molecule has 6 nitrogen and oxygen atoms in total. The summed E-state index contributed by atoms with van der Waals surface area (Å²) in [5.41, 5.74) is 14.7. The van der Waals surface area contributed by atoms with Gasteiger partial charge in [0, 0.05) is 29.3 Å². The summed E-state index contributed by atoms with van der Waals surface area (Å²) in [6.45, 7) is 1.98. The number of ether oxygens (including phenoxy) is 3. The number of hydrogen-bond acceptors (Lipinski definition) is 6. The van der Waals surface area contributed by atoms with Gasteiger partial charge < -0.3 is 25.7 Å². The van der Waals surface area contributed by atoms with Crippen LogP contribution in [0.2, 0.25) is 0 Å². The van der Waals surface area contributed by atoms with E-state index in [2.05, 4.69) is 0 Å². The van der Waals surface area contributed by atoms with Crippen molar-refractivity contribution in [1.29, 1.82) is 0 Å². The molecule has 0 spiro atoms. The fourth-order valence-corrected chi connectivity index (χ4v) is 4.94. The van der Waals surface area contributed by atoms with Crippen LogP contribution < -0.4 is 20.9 Å². The summed E-state index contributed by atoms with van der Waals surface area (Å²) in [6.07, 6.45) is -5.18. The maximum Gasteiger partial charge on any atom is 0.426 e. The predicted octanol–water partition coefficient (Wildman–Crippen LogP) is 8.75. The van der Waals surface area contributed by atoms with Gasteiger partial charge in [0.15, 0.2) is 0 Å². The second-order valence-electron chi connectivity index (χ2n) is 11.9. The van der Waals surface area contributed by atoms with Crippen LogP contribution in [-0.2, 0) is 28.5 Å². The largest absolute Gasteiger partial charge is 0.494 e. The smallest absolute Gasteiger partial charge is 0.426 e. The first-order valence-electron chi connectivity index (χ1n) is 15.2. The van der Waals surface area contributed by atoms with Crippen molar-refractivity contribution in [2.45, 2.75) is 44.9 Å². The van der Waals surface area contributed by atoms with E-state index in [0.29, 0.717) is 29.8 Å². The molecule has 4 rings (SSSR count). The number of nitrogen functional groups attached to an aromatic ring is 2. The topological polar surface area (TPSA) is 96.8 Å². The molecule has 0 heterocycles. The lowest BCUT2D eigenvalue weighted by molar-refractivity contribution is -0.185. The van der Waals surface area contributed by atoms with E-state index in [1.54, 1.807) is 0 Å². The zero-order chi connectivity index (χ0) is 34.8. The minimum Gasteiger partial charge on any atom is -0.494 e. The van der Waals surface area contributed by atoms with Crippen LogP contribution in [0.3, 0.4) is 0 Å². The zero-order valence-corrected chi connectivity index (χ0v) is 26.3. The number of hydrogen-bond donors (Lipinski definition) is 2. The minimum atomic E-state index is -4.28. The first-order valence-corrected chi connectivity index (χ1v) is 15.2. The van der Waals surface area contributed by atoms with Gasteiger partial charge in [-0.25, -0.2) is 4.79 Å². The Morgan fingerprint density at radius 2 is 1.25 bits per heavy atom. The van der Waals surface area contributed by atoms with E-state index in [9.17, 15) is 26.7 Å². The van der Waals surface area contributed by atoms with Crippen molar-refractivity contribution in [3.8, 4) is 11.5 Å². The second kappa shape index (κ2) is 15.7. The van der Waals surface area contributed by atoms with E-state index >= 15 is 0 Å². The average molecular weight is 669 g/mol. The predicted molar refractivity (Wildman–Crippen MR) is 175 cm³/mol. The number of alkyl halides is 5. The summed E-state index contributed by atoms with van der Waals surface area (Å²) in [4.78, 5) is 12.7. The Kier molecular flexibility index (Phi) is 11.7. The quantitative estimate of drug-likeness (QED) is 0.0433. The highest BCUT2D eigenvalue weighted by molar-refractivity contribution is 5.87. The van der Waals surface area contributed by atoms with Crippen molar-refractivity contribution in [2.24, 2.45) is 5.41 Å². The SMILES string of the molecule is CC(COC(=O)C=Cc1ccc(OC(F)(F)c2ccc(OCCCC(F)(F)F)cc2)cc1)(Cc1ccc(N)cc1)Cc1ccc(N)cc1. The van der Waals surface area contributed by atoms with Gasteiger partial charge in [-0.15, -0.1) is 0 Å². The van der Waals surface area contributed by atoms with Crippen LogP contribution in [0.5, 0.6) is 11.5 Å². The Bertz CT molecular complexity index is 1590. The molecule has 0 radical (unpaired) electrons. The highest BCUT2D eigenvalue weighted by atomic mass is 19.4. The van der Waals surface area contributed by atoms with E-state index in [0.717, 1.165) is 23.3 Å². The summed E-state index contributed by atoms with van der Waals surface area (Å²) in [6, 6.07) is 25.5. The number of halogens is 5. The molecule has 0 amide bonds. The molecular formula is C37H37F5N2O4. The van der Waals surface area contributed by atoms with Gasteiger partial charge >= 0.3 is 18.3 Å². The maximum absolute atomic E-state index is 14.8. The van der Waals surface area contributed by atoms with Crippen LogP contribution in [0, 0.1) is 5.41 Å². The van der Waals surface area contributed by atoms with Gasteiger partial charge in [0.05, 0.1) is 18.8 Å². The Morgan fingerprint density at radius 3 is 1.77 bits per heavy atom. The first-order chi connectivity index (χ1) is 22.7. The third-order valence-electron chi connectivity index (χ3n) is 7.39. The molecule has 0 bridgehead atoms. The number of anilines is 2. The van der Waals surface area contributed by atoms with E-state index in [1.807, 2.05) is 55.5 Å². The van der Waals surface area contributed by atoms with Gasteiger partial charge in [0.1, 0.15) is 11.5 Å². The fraction of sp³-hybridized carbons (Fsp3) is 0.270. The summed E-state index contributed by atoms with van der Waals surface area (Å²) in [5, 5.41) is 0.